The number of benzene rings is 1. The molecule has 0 unspecified atom stereocenters. The number of nitriles is 1. The maximum Gasteiger partial charge on any atom is 0.450 e. The zero-order valence-corrected chi connectivity index (χ0v) is 12.3. The molecule has 0 bridgehead atoms. The average Bonchev–Trinajstić information content (AvgIpc) is 2.93. The zero-order chi connectivity index (χ0) is 16.4. The van der Waals surface area contributed by atoms with Gasteiger partial charge in [-0.1, -0.05) is 41.3 Å². The van der Waals surface area contributed by atoms with Crippen LogP contribution in [0.2, 0.25) is 0 Å². The molecule has 0 aliphatic carbocycles. The summed E-state index contributed by atoms with van der Waals surface area (Å²) in [5.74, 6) is -3.72. The van der Waals surface area contributed by atoms with E-state index < -0.39 is 17.0 Å². The Labute approximate surface area is 131 Å². The van der Waals surface area contributed by atoms with Crippen molar-refractivity contribution < 1.29 is 23.4 Å². The van der Waals surface area contributed by atoms with Crippen molar-refractivity contribution in [3.8, 4) is 6.07 Å². The minimum Gasteiger partial charge on any atom is -0.353 e. The predicted molar refractivity (Wildman–Crippen MR) is 72.8 cm³/mol. The van der Waals surface area contributed by atoms with Crippen LogP contribution in [0.4, 0.5) is 13.2 Å². The molecule has 22 heavy (non-hydrogen) atoms. The average molecular weight is 347 g/mol. The van der Waals surface area contributed by atoms with E-state index in [1.54, 1.807) is 24.3 Å². The number of alkyl halides is 3. The number of halogens is 3. The molecule has 0 saturated heterocycles. The fourth-order valence-corrected chi connectivity index (χ4v) is 3.29. The Bertz CT molecular complexity index is 710. The van der Waals surface area contributed by atoms with Crippen molar-refractivity contribution in [1.29, 1.82) is 5.26 Å². The number of nitrogens with zero attached hydrogens (tertiary/aromatic N) is 3. The molecule has 0 aliphatic rings. The first kappa shape index (κ1) is 16.7. The summed E-state index contributed by atoms with van der Waals surface area (Å²) >= 11 is 1.49. The molecule has 0 radical (unpaired) electrons. The van der Waals surface area contributed by atoms with Gasteiger partial charge in [-0.25, -0.2) is 0 Å². The topological polar surface area (TPSA) is 90.0 Å². The van der Waals surface area contributed by atoms with E-state index in [4.69, 9.17) is 15.5 Å². The van der Waals surface area contributed by atoms with E-state index in [2.05, 4.69) is 10.2 Å². The summed E-state index contributed by atoms with van der Waals surface area (Å²) in [5, 5.41) is 32.8. The van der Waals surface area contributed by atoms with Crippen LogP contribution in [0.3, 0.4) is 0 Å². The SMILES string of the molecule is N#Cc1ccccc1CSc1nnc(C(O)(O)C(F)(F)F)s1. The molecule has 10 heteroatoms. The van der Waals surface area contributed by atoms with E-state index in [1.165, 1.54) is 0 Å². The Morgan fingerprint density at radius 3 is 2.55 bits per heavy atom. The molecular weight excluding hydrogens is 339 g/mol. The van der Waals surface area contributed by atoms with Gasteiger partial charge in [0.2, 0.25) is 0 Å². The number of aromatic nitrogens is 2. The number of thioether (sulfide) groups is 1. The predicted octanol–water partition coefficient (Wildman–Crippen LogP) is 2.40. The van der Waals surface area contributed by atoms with Crippen LogP contribution in [-0.2, 0) is 11.5 Å². The van der Waals surface area contributed by atoms with Crippen LogP contribution in [0.25, 0.3) is 0 Å². The van der Waals surface area contributed by atoms with Crippen LogP contribution >= 0.6 is 23.1 Å². The van der Waals surface area contributed by atoms with Crippen LogP contribution < -0.4 is 0 Å². The van der Waals surface area contributed by atoms with Gasteiger partial charge in [0.05, 0.1) is 11.6 Å². The first-order chi connectivity index (χ1) is 10.3. The molecule has 1 aromatic carbocycles. The largest absolute Gasteiger partial charge is 0.450 e. The molecule has 1 aromatic heterocycles. The van der Waals surface area contributed by atoms with Crippen molar-refractivity contribution in [3.63, 3.8) is 0 Å². The van der Waals surface area contributed by atoms with Gasteiger partial charge in [-0.2, -0.15) is 18.4 Å². The fourth-order valence-electron chi connectivity index (χ4n) is 1.42. The lowest BCUT2D eigenvalue weighted by atomic mass is 10.1. The highest BCUT2D eigenvalue weighted by Crippen LogP contribution is 2.39. The second-order valence-electron chi connectivity index (χ2n) is 4.10. The van der Waals surface area contributed by atoms with Crippen molar-refractivity contribution in [3.05, 3.63) is 40.4 Å². The maximum absolute atomic E-state index is 12.5. The van der Waals surface area contributed by atoms with Crippen LogP contribution in [0.15, 0.2) is 28.6 Å². The molecule has 2 N–H and O–H groups in total. The summed E-state index contributed by atoms with van der Waals surface area (Å²) in [4.78, 5) is 0. The first-order valence-electron chi connectivity index (χ1n) is 5.72. The molecule has 0 amide bonds. The second-order valence-corrected chi connectivity index (χ2v) is 6.30. The van der Waals surface area contributed by atoms with Crippen molar-refractivity contribution in [1.82, 2.24) is 10.2 Å². The lowest BCUT2D eigenvalue weighted by Crippen LogP contribution is -2.41. The fraction of sp³-hybridized carbons (Fsp3) is 0.250. The third-order valence-electron chi connectivity index (χ3n) is 2.59. The van der Waals surface area contributed by atoms with Crippen LogP contribution in [0, 0.1) is 11.3 Å². The van der Waals surface area contributed by atoms with E-state index in [9.17, 15) is 13.2 Å². The highest BCUT2D eigenvalue weighted by atomic mass is 32.2. The van der Waals surface area contributed by atoms with Crippen LogP contribution in [0.1, 0.15) is 16.1 Å². The third-order valence-corrected chi connectivity index (χ3v) is 4.79. The van der Waals surface area contributed by atoms with E-state index in [1.807, 2.05) is 6.07 Å². The third kappa shape index (κ3) is 3.38. The minimum atomic E-state index is -5.26. The molecule has 1 heterocycles. The van der Waals surface area contributed by atoms with Gasteiger partial charge in [0.1, 0.15) is 0 Å². The summed E-state index contributed by atoms with van der Waals surface area (Å²) in [5.41, 5.74) is 1.15. The minimum absolute atomic E-state index is 0.138. The Morgan fingerprint density at radius 1 is 1.23 bits per heavy atom. The van der Waals surface area contributed by atoms with Gasteiger partial charge in [-0.05, 0) is 11.6 Å². The molecule has 0 aliphatic heterocycles. The van der Waals surface area contributed by atoms with Crippen molar-refractivity contribution in [2.75, 3.05) is 0 Å². The number of hydrogen-bond acceptors (Lipinski definition) is 7. The Hall–Kier alpha value is -1.67. The van der Waals surface area contributed by atoms with Crippen molar-refractivity contribution >= 4 is 23.1 Å². The summed E-state index contributed by atoms with van der Waals surface area (Å²) in [7, 11) is 0. The van der Waals surface area contributed by atoms with E-state index in [0.717, 1.165) is 11.8 Å². The van der Waals surface area contributed by atoms with Gasteiger partial charge in [-0.15, -0.1) is 10.2 Å². The highest BCUT2D eigenvalue weighted by molar-refractivity contribution is 8.00. The standard InChI is InChI=1S/C12H8F3N3O2S2/c13-12(14,15)11(19,20)9-17-18-10(22-9)21-6-8-4-2-1-3-7(8)5-16/h1-4,19-20H,6H2. The molecule has 5 nitrogen and oxygen atoms in total. The van der Waals surface area contributed by atoms with E-state index >= 15 is 0 Å². The molecule has 2 rings (SSSR count). The lowest BCUT2D eigenvalue weighted by molar-refractivity contribution is -0.358. The summed E-state index contributed by atoms with van der Waals surface area (Å²) < 4.78 is 37.6. The van der Waals surface area contributed by atoms with Gasteiger partial charge in [0.15, 0.2) is 9.35 Å². The molecule has 0 atom stereocenters. The Kier molecular flexibility index (Phi) is 4.72. The summed E-state index contributed by atoms with van der Waals surface area (Å²) in [6, 6.07) is 8.78. The molecule has 0 fully saturated rings. The van der Waals surface area contributed by atoms with Crippen molar-refractivity contribution in [2.45, 2.75) is 22.1 Å². The zero-order valence-electron chi connectivity index (χ0n) is 10.7. The number of hydrogen-bond donors (Lipinski definition) is 2. The second kappa shape index (κ2) is 6.21. The van der Waals surface area contributed by atoms with Gasteiger partial charge in [-0.3, -0.25) is 0 Å². The maximum atomic E-state index is 12.5. The van der Waals surface area contributed by atoms with Gasteiger partial charge < -0.3 is 10.2 Å². The Morgan fingerprint density at radius 2 is 1.91 bits per heavy atom. The lowest BCUT2D eigenvalue weighted by Gasteiger charge is -2.20. The van der Waals surface area contributed by atoms with Crippen molar-refractivity contribution in [2.24, 2.45) is 0 Å². The highest BCUT2D eigenvalue weighted by Gasteiger charge is 2.57. The first-order valence-corrected chi connectivity index (χ1v) is 7.52. The van der Waals surface area contributed by atoms with Gasteiger partial charge in [0.25, 0.3) is 0 Å². The molecule has 0 spiro atoms. The van der Waals surface area contributed by atoms with Crippen LogP contribution in [0.5, 0.6) is 0 Å². The molecule has 0 saturated carbocycles. The summed E-state index contributed by atoms with van der Waals surface area (Å²) in [6.07, 6.45) is -5.26. The molecular formula is C12H8F3N3O2S2. The smallest absolute Gasteiger partial charge is 0.353 e. The van der Waals surface area contributed by atoms with E-state index in [-0.39, 0.29) is 4.34 Å². The van der Waals surface area contributed by atoms with Gasteiger partial charge in [0, 0.05) is 5.75 Å². The normalized spacial score (nSPS) is 12.2. The monoisotopic (exact) mass is 347 g/mol. The quantitative estimate of drug-likeness (QED) is 0.652. The van der Waals surface area contributed by atoms with Gasteiger partial charge >= 0.3 is 12.0 Å². The Balaban J connectivity index is 2.12. The summed E-state index contributed by atoms with van der Waals surface area (Å²) in [6.45, 7) is 0. The number of rotatable bonds is 4. The van der Waals surface area contributed by atoms with Crippen LogP contribution in [-0.4, -0.2) is 26.6 Å². The molecule has 2 aromatic rings. The molecule has 116 valence electrons. The number of aliphatic hydroxyl groups is 2. The van der Waals surface area contributed by atoms with E-state index in [0.29, 0.717) is 28.2 Å².